The van der Waals surface area contributed by atoms with Gasteiger partial charge in [0.2, 0.25) is 5.91 Å². The molecule has 3 N–H and O–H groups in total. The Bertz CT molecular complexity index is 1370. The number of amides is 1. The van der Waals surface area contributed by atoms with Crippen LogP contribution in [0.15, 0.2) is 42.7 Å². The second kappa shape index (κ2) is 9.32. The standard InChI is InChI=1S/C26H29N7O2/c1-15-10-22(23(14-28-15)35-21-6-4-18(5-7-21)26(27)34)19-8-9-33-20(12-19)13-25(32-33)31-24-11-16(2)29-17(3)30-24/h8-14,18,21H,4-7H2,1-3H3,(H2,27,34)(H,29,30,31,32)/t18-,21-. The molecule has 0 atom stereocenters. The van der Waals surface area contributed by atoms with Gasteiger partial charge in [0, 0.05) is 41.2 Å². The van der Waals surface area contributed by atoms with Crippen molar-refractivity contribution in [3.8, 4) is 16.9 Å². The number of carbonyl (C=O) groups is 1. The Morgan fingerprint density at radius 1 is 1.03 bits per heavy atom. The van der Waals surface area contributed by atoms with Crippen molar-refractivity contribution in [1.29, 1.82) is 0 Å². The third kappa shape index (κ3) is 5.08. The Balaban J connectivity index is 1.40. The fourth-order valence-electron chi connectivity index (χ4n) is 4.65. The van der Waals surface area contributed by atoms with Crippen LogP contribution in [0.5, 0.6) is 5.75 Å². The van der Waals surface area contributed by atoms with E-state index in [-0.39, 0.29) is 17.9 Å². The summed E-state index contributed by atoms with van der Waals surface area (Å²) in [4.78, 5) is 24.7. The first-order valence-electron chi connectivity index (χ1n) is 11.9. The van der Waals surface area contributed by atoms with E-state index >= 15 is 0 Å². The molecule has 4 aromatic heterocycles. The van der Waals surface area contributed by atoms with E-state index < -0.39 is 0 Å². The van der Waals surface area contributed by atoms with Gasteiger partial charge in [0.05, 0.1) is 17.8 Å². The fourth-order valence-corrected chi connectivity index (χ4v) is 4.65. The van der Waals surface area contributed by atoms with E-state index in [2.05, 4.69) is 31.4 Å². The van der Waals surface area contributed by atoms with Crippen molar-refractivity contribution < 1.29 is 9.53 Å². The minimum Gasteiger partial charge on any atom is -0.488 e. The molecular weight excluding hydrogens is 442 g/mol. The van der Waals surface area contributed by atoms with Gasteiger partial charge in [0.25, 0.3) is 0 Å². The molecule has 1 aliphatic rings. The number of pyridine rings is 2. The zero-order valence-corrected chi connectivity index (χ0v) is 20.2. The Hall–Kier alpha value is -4.01. The van der Waals surface area contributed by atoms with Gasteiger partial charge in [0.15, 0.2) is 5.82 Å². The number of primary amides is 1. The molecule has 5 rings (SSSR count). The summed E-state index contributed by atoms with van der Waals surface area (Å²) in [5.41, 5.74) is 10.2. The van der Waals surface area contributed by atoms with Gasteiger partial charge in [0.1, 0.15) is 17.4 Å². The Morgan fingerprint density at radius 2 is 1.83 bits per heavy atom. The van der Waals surface area contributed by atoms with E-state index in [9.17, 15) is 4.79 Å². The molecule has 4 heterocycles. The van der Waals surface area contributed by atoms with Crippen LogP contribution in [0.4, 0.5) is 11.6 Å². The van der Waals surface area contributed by atoms with E-state index in [1.807, 2.05) is 55.7 Å². The van der Waals surface area contributed by atoms with Crippen molar-refractivity contribution in [3.05, 3.63) is 59.9 Å². The highest BCUT2D eigenvalue weighted by Gasteiger charge is 2.26. The van der Waals surface area contributed by atoms with Gasteiger partial charge in [-0.05, 0) is 70.2 Å². The van der Waals surface area contributed by atoms with Crippen LogP contribution in [0.1, 0.15) is 42.9 Å². The number of hydrogen-bond donors (Lipinski definition) is 2. The predicted molar refractivity (Wildman–Crippen MR) is 134 cm³/mol. The van der Waals surface area contributed by atoms with Crippen molar-refractivity contribution in [3.63, 3.8) is 0 Å². The minimum atomic E-state index is -0.214. The van der Waals surface area contributed by atoms with Crippen LogP contribution in [-0.2, 0) is 4.79 Å². The number of anilines is 2. The van der Waals surface area contributed by atoms with Crippen molar-refractivity contribution >= 4 is 23.1 Å². The molecule has 0 aliphatic heterocycles. The molecule has 1 aliphatic carbocycles. The van der Waals surface area contributed by atoms with Gasteiger partial charge in [-0.1, -0.05) is 0 Å². The molecule has 1 saturated carbocycles. The van der Waals surface area contributed by atoms with Crippen LogP contribution >= 0.6 is 0 Å². The highest BCUT2D eigenvalue weighted by Crippen LogP contribution is 2.34. The van der Waals surface area contributed by atoms with Crippen molar-refractivity contribution in [2.75, 3.05) is 5.32 Å². The molecule has 180 valence electrons. The summed E-state index contributed by atoms with van der Waals surface area (Å²) < 4.78 is 8.20. The predicted octanol–water partition coefficient (Wildman–Crippen LogP) is 4.28. The number of rotatable bonds is 6. The molecule has 9 nitrogen and oxygen atoms in total. The maximum atomic E-state index is 11.5. The van der Waals surface area contributed by atoms with Crippen molar-refractivity contribution in [1.82, 2.24) is 24.6 Å². The first-order valence-corrected chi connectivity index (χ1v) is 11.9. The van der Waals surface area contributed by atoms with Crippen LogP contribution in [0.3, 0.4) is 0 Å². The maximum Gasteiger partial charge on any atom is 0.220 e. The number of hydrogen-bond acceptors (Lipinski definition) is 7. The third-order valence-electron chi connectivity index (χ3n) is 6.37. The van der Waals surface area contributed by atoms with E-state index in [0.717, 1.165) is 59.5 Å². The lowest BCUT2D eigenvalue weighted by molar-refractivity contribution is -0.123. The number of nitrogens with zero attached hydrogens (tertiary/aromatic N) is 5. The second-order valence-corrected chi connectivity index (χ2v) is 9.20. The molecule has 4 aromatic rings. The lowest BCUT2D eigenvalue weighted by Gasteiger charge is -2.28. The number of aromatic nitrogens is 5. The quantitative estimate of drug-likeness (QED) is 0.431. The summed E-state index contributed by atoms with van der Waals surface area (Å²) in [6.45, 7) is 5.78. The Morgan fingerprint density at radius 3 is 2.57 bits per heavy atom. The molecule has 0 radical (unpaired) electrons. The van der Waals surface area contributed by atoms with Gasteiger partial charge < -0.3 is 15.8 Å². The van der Waals surface area contributed by atoms with Crippen LogP contribution in [0.25, 0.3) is 16.6 Å². The third-order valence-corrected chi connectivity index (χ3v) is 6.37. The van der Waals surface area contributed by atoms with Gasteiger partial charge in [-0.3, -0.25) is 9.78 Å². The number of ether oxygens (including phenoxy) is 1. The average molecular weight is 472 g/mol. The topological polar surface area (TPSA) is 120 Å². The zero-order chi connectivity index (χ0) is 24.5. The number of aryl methyl sites for hydroxylation is 3. The van der Waals surface area contributed by atoms with Gasteiger partial charge in [-0.2, -0.15) is 5.10 Å². The monoisotopic (exact) mass is 471 g/mol. The molecule has 35 heavy (non-hydrogen) atoms. The number of carbonyl (C=O) groups excluding carboxylic acids is 1. The lowest BCUT2D eigenvalue weighted by atomic mass is 9.87. The molecule has 0 spiro atoms. The van der Waals surface area contributed by atoms with Crippen LogP contribution < -0.4 is 15.8 Å². The summed E-state index contributed by atoms with van der Waals surface area (Å²) in [5.74, 6) is 2.61. The molecule has 0 bridgehead atoms. The van der Waals surface area contributed by atoms with Crippen LogP contribution in [0.2, 0.25) is 0 Å². The fraction of sp³-hybridized carbons (Fsp3) is 0.346. The average Bonchev–Trinajstić information content (AvgIpc) is 3.21. The first kappa shape index (κ1) is 22.8. The van der Waals surface area contributed by atoms with Gasteiger partial charge >= 0.3 is 0 Å². The minimum absolute atomic E-state index is 0.0446. The molecule has 1 amide bonds. The summed E-state index contributed by atoms with van der Waals surface area (Å²) in [5, 5.41) is 7.89. The summed E-state index contributed by atoms with van der Waals surface area (Å²) >= 11 is 0. The molecular formula is C26H29N7O2. The van der Waals surface area contributed by atoms with Crippen LogP contribution in [0, 0.1) is 26.7 Å². The number of nitrogens with one attached hydrogen (secondary N) is 1. The SMILES string of the molecule is Cc1cc(-c2ccn3nc(Nc4cc(C)nc(C)n4)cc3c2)c(O[C@H]2CC[C@H](C(N)=O)CC2)cn1. The van der Waals surface area contributed by atoms with E-state index in [0.29, 0.717) is 17.5 Å². The number of nitrogens with two attached hydrogens (primary N) is 1. The van der Waals surface area contributed by atoms with E-state index in [1.165, 1.54) is 0 Å². The summed E-state index contributed by atoms with van der Waals surface area (Å²) in [6.07, 6.45) is 6.90. The normalized spacial score (nSPS) is 17.9. The van der Waals surface area contributed by atoms with Gasteiger partial charge in [-0.25, -0.2) is 14.5 Å². The highest BCUT2D eigenvalue weighted by molar-refractivity contribution is 5.77. The Labute approximate surface area is 203 Å². The second-order valence-electron chi connectivity index (χ2n) is 9.20. The molecule has 9 heteroatoms. The van der Waals surface area contributed by atoms with Crippen molar-refractivity contribution in [2.24, 2.45) is 11.7 Å². The van der Waals surface area contributed by atoms with Gasteiger partial charge in [-0.15, -0.1) is 0 Å². The number of fused-ring (bicyclic) bond motifs is 1. The maximum absolute atomic E-state index is 11.5. The molecule has 1 fully saturated rings. The first-order chi connectivity index (χ1) is 16.8. The zero-order valence-electron chi connectivity index (χ0n) is 20.2. The van der Waals surface area contributed by atoms with E-state index in [1.54, 1.807) is 6.20 Å². The molecule has 0 unspecified atom stereocenters. The molecule has 0 saturated heterocycles. The van der Waals surface area contributed by atoms with E-state index in [4.69, 9.17) is 10.5 Å². The highest BCUT2D eigenvalue weighted by atomic mass is 16.5. The molecule has 0 aromatic carbocycles. The summed E-state index contributed by atoms with van der Waals surface area (Å²) in [6, 6.07) is 10.0. The Kier molecular flexibility index (Phi) is 6.07. The van der Waals surface area contributed by atoms with Crippen molar-refractivity contribution in [2.45, 2.75) is 52.6 Å². The lowest BCUT2D eigenvalue weighted by Crippen LogP contribution is -2.31. The van der Waals surface area contributed by atoms with Crippen LogP contribution in [-0.4, -0.2) is 36.6 Å². The largest absolute Gasteiger partial charge is 0.488 e. The smallest absolute Gasteiger partial charge is 0.220 e. The summed E-state index contributed by atoms with van der Waals surface area (Å²) in [7, 11) is 0.